The number of benzene rings is 1. The zero-order valence-corrected chi connectivity index (χ0v) is 19.2. The molecule has 2 aromatic rings. The molecule has 0 spiro atoms. The van der Waals surface area contributed by atoms with Gasteiger partial charge in [-0.2, -0.15) is 0 Å². The number of hydrogen-bond donors (Lipinski definition) is 1. The molecule has 0 bridgehead atoms. The van der Waals surface area contributed by atoms with E-state index in [0.29, 0.717) is 5.92 Å². The van der Waals surface area contributed by atoms with Crippen molar-refractivity contribution in [1.82, 2.24) is 14.9 Å². The van der Waals surface area contributed by atoms with Gasteiger partial charge in [-0.3, -0.25) is 0 Å². The summed E-state index contributed by atoms with van der Waals surface area (Å²) >= 11 is 0. The maximum Gasteiger partial charge on any atom is 0.161 e. The van der Waals surface area contributed by atoms with Crippen LogP contribution in [0.3, 0.4) is 0 Å². The summed E-state index contributed by atoms with van der Waals surface area (Å²) in [5.74, 6) is 1.35. The van der Waals surface area contributed by atoms with Crippen molar-refractivity contribution in [3.8, 4) is 0 Å². The van der Waals surface area contributed by atoms with E-state index in [9.17, 15) is 4.39 Å². The summed E-state index contributed by atoms with van der Waals surface area (Å²) in [5, 5.41) is 3.32. The lowest BCUT2D eigenvalue weighted by molar-refractivity contribution is 0.157. The highest BCUT2D eigenvalue weighted by Gasteiger charge is 2.32. The van der Waals surface area contributed by atoms with E-state index in [2.05, 4.69) is 51.4 Å². The van der Waals surface area contributed by atoms with E-state index in [1.165, 1.54) is 12.8 Å². The third-order valence-electron chi connectivity index (χ3n) is 6.76. The minimum atomic E-state index is -0.180. The average Bonchev–Trinajstić information content (AvgIpc) is 2.87. The molecule has 2 rings (SSSR count). The lowest BCUT2D eigenvalue weighted by Crippen LogP contribution is -2.34. The first-order valence-corrected chi connectivity index (χ1v) is 10.8. The van der Waals surface area contributed by atoms with E-state index < -0.39 is 0 Å². The largest absolute Gasteiger partial charge is 0.328 e. The van der Waals surface area contributed by atoms with E-state index in [0.717, 1.165) is 49.0 Å². The van der Waals surface area contributed by atoms with Gasteiger partial charge in [-0.05, 0) is 49.8 Å². The van der Waals surface area contributed by atoms with Gasteiger partial charge in [-0.1, -0.05) is 59.7 Å². The first-order chi connectivity index (χ1) is 13.0. The summed E-state index contributed by atoms with van der Waals surface area (Å²) in [5.41, 5.74) is 3.38. The molecular formula is C23H39BFN3. The Morgan fingerprint density at radius 3 is 2.46 bits per heavy atom. The highest BCUT2D eigenvalue weighted by molar-refractivity contribution is 6.57. The minimum absolute atomic E-state index is 0.169. The molecule has 1 aromatic heterocycles. The monoisotopic (exact) mass is 387 g/mol. The molecule has 0 amide bonds. The van der Waals surface area contributed by atoms with Crippen molar-refractivity contribution in [3.05, 3.63) is 23.8 Å². The Morgan fingerprint density at radius 2 is 1.89 bits per heavy atom. The standard InChI is InChI=1S/C23H39BFN3/c1-9-10-17(13-26-8)14-28-16(2)27-20-12-18(25)11-19(21(20)28)24-15-23(6,7)22(3,4)5/h11-12,17,24,26H,9-10,13-15H2,1-8H3. The van der Waals surface area contributed by atoms with Crippen molar-refractivity contribution in [2.24, 2.45) is 16.7 Å². The Kier molecular flexibility index (Phi) is 7.35. The van der Waals surface area contributed by atoms with Gasteiger partial charge in [0.15, 0.2) is 7.28 Å². The molecule has 0 aliphatic heterocycles. The molecule has 3 nitrogen and oxygen atoms in total. The van der Waals surface area contributed by atoms with Crippen LogP contribution in [0, 0.1) is 29.5 Å². The predicted molar refractivity (Wildman–Crippen MR) is 122 cm³/mol. The second kappa shape index (κ2) is 8.98. The number of nitrogens with zero attached hydrogens (tertiary/aromatic N) is 2. The molecular weight excluding hydrogens is 348 g/mol. The lowest BCUT2D eigenvalue weighted by atomic mass is 9.53. The first kappa shape index (κ1) is 22.9. The lowest BCUT2D eigenvalue weighted by Gasteiger charge is -2.39. The van der Waals surface area contributed by atoms with Crippen molar-refractivity contribution in [2.45, 2.75) is 74.2 Å². The van der Waals surface area contributed by atoms with Crippen molar-refractivity contribution in [3.63, 3.8) is 0 Å². The van der Waals surface area contributed by atoms with Crippen molar-refractivity contribution in [1.29, 1.82) is 0 Å². The maximum atomic E-state index is 14.3. The van der Waals surface area contributed by atoms with Gasteiger partial charge in [-0.25, -0.2) is 9.37 Å². The summed E-state index contributed by atoms with van der Waals surface area (Å²) in [4.78, 5) is 4.70. The van der Waals surface area contributed by atoms with Crippen LogP contribution in [0.4, 0.5) is 4.39 Å². The Labute approximate surface area is 171 Å². The normalized spacial score (nSPS) is 13.9. The topological polar surface area (TPSA) is 29.9 Å². The molecule has 0 radical (unpaired) electrons. The molecule has 0 fully saturated rings. The Balaban J connectivity index is 2.43. The predicted octanol–water partition coefficient (Wildman–Crippen LogP) is 4.67. The molecule has 1 aromatic carbocycles. The fourth-order valence-electron chi connectivity index (χ4n) is 3.88. The highest BCUT2D eigenvalue weighted by Crippen LogP contribution is 2.41. The van der Waals surface area contributed by atoms with E-state index in [4.69, 9.17) is 4.98 Å². The van der Waals surface area contributed by atoms with E-state index >= 15 is 0 Å². The Hall–Kier alpha value is -1.36. The van der Waals surface area contributed by atoms with Crippen LogP contribution in [0.2, 0.25) is 6.32 Å². The Morgan fingerprint density at radius 1 is 1.21 bits per heavy atom. The number of aryl methyl sites for hydroxylation is 1. The van der Waals surface area contributed by atoms with E-state index in [1.54, 1.807) is 12.1 Å². The zero-order chi connectivity index (χ0) is 21.1. The van der Waals surface area contributed by atoms with Crippen LogP contribution in [0.25, 0.3) is 11.0 Å². The number of imidazole rings is 1. The van der Waals surface area contributed by atoms with E-state index in [1.807, 2.05) is 14.0 Å². The number of fused-ring (bicyclic) bond motifs is 1. The van der Waals surface area contributed by atoms with E-state index in [-0.39, 0.29) is 16.6 Å². The zero-order valence-electron chi connectivity index (χ0n) is 19.2. The van der Waals surface area contributed by atoms with Crippen LogP contribution >= 0.6 is 0 Å². The van der Waals surface area contributed by atoms with Crippen molar-refractivity contribution >= 4 is 23.8 Å². The summed E-state index contributed by atoms with van der Waals surface area (Å²) in [7, 11) is 2.88. The van der Waals surface area contributed by atoms with Crippen molar-refractivity contribution in [2.75, 3.05) is 13.6 Å². The summed E-state index contributed by atoms with van der Waals surface area (Å²) in [6.07, 6.45) is 3.36. The number of rotatable bonds is 9. The fourth-order valence-corrected chi connectivity index (χ4v) is 3.88. The fraction of sp³-hybridized carbons (Fsp3) is 0.696. The van der Waals surface area contributed by atoms with Gasteiger partial charge in [0.25, 0.3) is 0 Å². The molecule has 156 valence electrons. The SMILES string of the molecule is CCCC(CNC)Cn1c(C)nc2cc(F)cc(BCC(C)(C)C(C)(C)C)c21. The third kappa shape index (κ3) is 5.17. The highest BCUT2D eigenvalue weighted by atomic mass is 19.1. The van der Waals surface area contributed by atoms with Gasteiger partial charge in [0.05, 0.1) is 11.0 Å². The first-order valence-electron chi connectivity index (χ1n) is 10.8. The molecule has 28 heavy (non-hydrogen) atoms. The molecule has 1 atom stereocenters. The third-order valence-corrected chi connectivity index (χ3v) is 6.76. The van der Waals surface area contributed by atoms with Gasteiger partial charge in [0.2, 0.25) is 0 Å². The smallest absolute Gasteiger partial charge is 0.161 e. The molecule has 1 unspecified atom stereocenters. The van der Waals surface area contributed by atoms with Crippen LogP contribution in [-0.4, -0.2) is 30.4 Å². The number of halogens is 1. The van der Waals surface area contributed by atoms with Gasteiger partial charge in [0.1, 0.15) is 11.6 Å². The van der Waals surface area contributed by atoms with Crippen LogP contribution < -0.4 is 10.8 Å². The maximum absolute atomic E-state index is 14.3. The second-order valence-corrected chi connectivity index (χ2v) is 10.0. The minimum Gasteiger partial charge on any atom is -0.328 e. The number of nitrogens with one attached hydrogen (secondary N) is 1. The molecule has 1 heterocycles. The molecule has 0 aliphatic rings. The average molecular weight is 387 g/mol. The molecule has 0 saturated carbocycles. The number of aromatic nitrogens is 2. The second-order valence-electron chi connectivity index (χ2n) is 10.0. The summed E-state index contributed by atoms with van der Waals surface area (Å²) in [6, 6.07) is 3.32. The van der Waals surface area contributed by atoms with Crippen LogP contribution in [0.5, 0.6) is 0 Å². The van der Waals surface area contributed by atoms with Crippen LogP contribution in [0.15, 0.2) is 12.1 Å². The van der Waals surface area contributed by atoms with Crippen LogP contribution in [0.1, 0.15) is 60.2 Å². The molecule has 0 aliphatic carbocycles. The van der Waals surface area contributed by atoms with Gasteiger partial charge >= 0.3 is 0 Å². The molecule has 5 heteroatoms. The van der Waals surface area contributed by atoms with Gasteiger partial charge < -0.3 is 9.88 Å². The quantitative estimate of drug-likeness (QED) is 0.634. The Bertz CT molecular complexity index is 783. The summed E-state index contributed by atoms with van der Waals surface area (Å²) in [6.45, 7) is 17.7. The summed E-state index contributed by atoms with van der Waals surface area (Å²) < 4.78 is 16.7. The molecule has 1 N–H and O–H groups in total. The van der Waals surface area contributed by atoms with Gasteiger partial charge in [-0.15, -0.1) is 0 Å². The number of hydrogen-bond acceptors (Lipinski definition) is 2. The van der Waals surface area contributed by atoms with Gasteiger partial charge in [0, 0.05) is 12.6 Å². The van der Waals surface area contributed by atoms with Crippen molar-refractivity contribution < 1.29 is 4.39 Å². The van der Waals surface area contributed by atoms with Crippen LogP contribution in [-0.2, 0) is 6.54 Å². The molecule has 0 saturated heterocycles.